The van der Waals surface area contributed by atoms with Gasteiger partial charge in [0.2, 0.25) is 17.7 Å². The van der Waals surface area contributed by atoms with Crippen molar-refractivity contribution < 1.29 is 19.5 Å². The molecule has 4 atom stereocenters. The number of primary amides is 1. The molecule has 3 amide bonds. The lowest BCUT2D eigenvalue weighted by molar-refractivity contribution is -0.156. The fourth-order valence-electron chi connectivity index (χ4n) is 3.88. The maximum absolute atomic E-state index is 12.7. The molecule has 0 saturated carbocycles. The van der Waals surface area contributed by atoms with Gasteiger partial charge >= 0.3 is 0 Å². The first kappa shape index (κ1) is 18.7. The minimum Gasteiger partial charge on any atom is -0.391 e. The van der Waals surface area contributed by atoms with Crippen molar-refractivity contribution >= 4 is 17.7 Å². The Kier molecular flexibility index (Phi) is 5.19. The molecule has 8 heteroatoms. The summed E-state index contributed by atoms with van der Waals surface area (Å²) in [6.07, 6.45) is 0.386. The zero-order valence-electron chi connectivity index (χ0n) is 14.8. The summed E-state index contributed by atoms with van der Waals surface area (Å²) in [5.41, 5.74) is 4.63. The second kappa shape index (κ2) is 6.68. The van der Waals surface area contributed by atoms with Gasteiger partial charge in [-0.1, -0.05) is 13.8 Å². The van der Waals surface area contributed by atoms with Crippen molar-refractivity contribution in [1.82, 2.24) is 15.1 Å². The quantitative estimate of drug-likeness (QED) is 0.518. The van der Waals surface area contributed by atoms with E-state index in [0.29, 0.717) is 25.9 Å². The van der Waals surface area contributed by atoms with Gasteiger partial charge in [0.1, 0.15) is 11.6 Å². The molecule has 0 bridgehead atoms. The number of likely N-dealkylation sites (N-methyl/N-ethyl adjacent to an activating group) is 1. The van der Waals surface area contributed by atoms with Gasteiger partial charge in [0.05, 0.1) is 12.6 Å². The number of nitrogens with one attached hydrogen (secondary N) is 1. The van der Waals surface area contributed by atoms with E-state index in [2.05, 4.69) is 5.32 Å². The van der Waals surface area contributed by atoms with Crippen LogP contribution in [-0.2, 0) is 14.4 Å². The van der Waals surface area contributed by atoms with Crippen molar-refractivity contribution in [2.24, 2.45) is 11.7 Å². The van der Waals surface area contributed by atoms with Crippen molar-refractivity contribution in [2.75, 3.05) is 20.1 Å². The van der Waals surface area contributed by atoms with E-state index in [1.807, 2.05) is 13.8 Å². The van der Waals surface area contributed by atoms with Gasteiger partial charge in [-0.05, 0) is 26.8 Å². The van der Waals surface area contributed by atoms with E-state index in [1.54, 1.807) is 16.8 Å². The first-order chi connectivity index (χ1) is 11.1. The zero-order valence-corrected chi connectivity index (χ0v) is 14.8. The van der Waals surface area contributed by atoms with E-state index >= 15 is 0 Å². The summed E-state index contributed by atoms with van der Waals surface area (Å²) in [7, 11) is 1.70. The number of likely N-dealkylation sites (tertiary alicyclic amines) is 1. The number of hydrogen-bond acceptors (Lipinski definition) is 5. The normalized spacial score (nSPS) is 28.9. The SMILES string of the molecule is CC(C)C(=O)N1C(CN(C)[C@H](C(N)=O)[C@@H](C)O)CCC12CNC2=O. The van der Waals surface area contributed by atoms with Crippen LogP contribution in [0.1, 0.15) is 33.6 Å². The molecule has 2 aliphatic rings. The van der Waals surface area contributed by atoms with Crippen molar-refractivity contribution in [3.8, 4) is 0 Å². The van der Waals surface area contributed by atoms with Crippen molar-refractivity contribution in [1.29, 1.82) is 0 Å². The van der Waals surface area contributed by atoms with Gasteiger partial charge in [-0.15, -0.1) is 0 Å². The molecule has 0 aromatic rings. The average molecular weight is 340 g/mol. The van der Waals surface area contributed by atoms with Crippen LogP contribution in [0.5, 0.6) is 0 Å². The third-order valence-corrected chi connectivity index (χ3v) is 5.13. The van der Waals surface area contributed by atoms with Crippen LogP contribution in [0.2, 0.25) is 0 Å². The Morgan fingerprint density at radius 2 is 2.08 bits per heavy atom. The molecular formula is C16H28N4O4. The number of aliphatic hydroxyl groups excluding tert-OH is 1. The molecule has 8 nitrogen and oxygen atoms in total. The Balaban J connectivity index is 2.21. The minimum absolute atomic E-state index is 0.0616. The first-order valence-corrected chi connectivity index (χ1v) is 8.41. The average Bonchev–Trinajstić information content (AvgIpc) is 2.85. The van der Waals surface area contributed by atoms with Gasteiger partial charge in [0.25, 0.3) is 0 Å². The Labute approximate surface area is 142 Å². The van der Waals surface area contributed by atoms with Crippen LogP contribution in [0.25, 0.3) is 0 Å². The number of rotatable bonds is 6. The zero-order chi connectivity index (χ0) is 18.2. The highest BCUT2D eigenvalue weighted by molar-refractivity contribution is 5.97. The van der Waals surface area contributed by atoms with Crippen molar-refractivity contribution in [2.45, 2.75) is 57.3 Å². The van der Waals surface area contributed by atoms with Crippen molar-refractivity contribution in [3.05, 3.63) is 0 Å². The first-order valence-electron chi connectivity index (χ1n) is 8.41. The Morgan fingerprint density at radius 1 is 1.46 bits per heavy atom. The molecule has 2 fully saturated rings. The summed E-state index contributed by atoms with van der Waals surface area (Å²) in [5, 5.41) is 12.5. The van der Waals surface area contributed by atoms with Crippen LogP contribution >= 0.6 is 0 Å². The van der Waals surface area contributed by atoms with E-state index in [0.717, 1.165) is 0 Å². The third kappa shape index (κ3) is 3.00. The number of β-lactam (4-membered cyclic amide) rings is 1. The van der Waals surface area contributed by atoms with E-state index in [1.165, 1.54) is 6.92 Å². The maximum atomic E-state index is 12.7. The van der Waals surface area contributed by atoms with Gasteiger partial charge in [0, 0.05) is 18.5 Å². The van der Waals surface area contributed by atoms with E-state index < -0.39 is 23.6 Å². The number of carbonyl (C=O) groups excluding carboxylic acids is 3. The lowest BCUT2D eigenvalue weighted by Gasteiger charge is -2.47. The fraction of sp³-hybridized carbons (Fsp3) is 0.812. The van der Waals surface area contributed by atoms with Crippen LogP contribution in [0.15, 0.2) is 0 Å². The number of carbonyl (C=O) groups is 3. The van der Waals surface area contributed by atoms with Gasteiger partial charge in [-0.25, -0.2) is 0 Å². The lowest BCUT2D eigenvalue weighted by atomic mass is 9.87. The van der Waals surface area contributed by atoms with Gasteiger partial charge in [-0.2, -0.15) is 0 Å². The number of hydrogen-bond donors (Lipinski definition) is 3. The van der Waals surface area contributed by atoms with Gasteiger partial charge in [0.15, 0.2) is 0 Å². The smallest absolute Gasteiger partial charge is 0.247 e. The molecule has 0 aliphatic carbocycles. The molecule has 1 spiro atoms. The highest BCUT2D eigenvalue weighted by Gasteiger charge is 2.59. The van der Waals surface area contributed by atoms with Crippen LogP contribution < -0.4 is 11.1 Å². The Hall–Kier alpha value is -1.67. The summed E-state index contributed by atoms with van der Waals surface area (Å²) < 4.78 is 0. The molecule has 0 aromatic heterocycles. The molecule has 2 rings (SSSR count). The van der Waals surface area contributed by atoms with Gasteiger partial charge < -0.3 is 21.1 Å². The maximum Gasteiger partial charge on any atom is 0.247 e. The largest absolute Gasteiger partial charge is 0.391 e. The molecule has 136 valence electrons. The third-order valence-electron chi connectivity index (χ3n) is 5.13. The Bertz CT molecular complexity index is 536. The fourth-order valence-corrected chi connectivity index (χ4v) is 3.88. The lowest BCUT2D eigenvalue weighted by Crippen LogP contribution is -2.73. The van der Waals surface area contributed by atoms with Crippen LogP contribution in [0, 0.1) is 5.92 Å². The molecular weight excluding hydrogens is 312 g/mol. The summed E-state index contributed by atoms with van der Waals surface area (Å²) in [6.45, 7) is 5.99. The van der Waals surface area contributed by atoms with Crippen LogP contribution in [0.4, 0.5) is 0 Å². The summed E-state index contributed by atoms with van der Waals surface area (Å²) in [6, 6.07) is -1.01. The molecule has 2 saturated heterocycles. The molecule has 2 aliphatic heterocycles. The summed E-state index contributed by atoms with van der Waals surface area (Å²) in [5.74, 6) is -0.995. The number of aliphatic hydroxyl groups is 1. The highest BCUT2D eigenvalue weighted by atomic mass is 16.3. The molecule has 2 heterocycles. The molecule has 0 aromatic carbocycles. The van der Waals surface area contributed by atoms with E-state index in [4.69, 9.17) is 5.73 Å². The monoisotopic (exact) mass is 340 g/mol. The molecule has 24 heavy (non-hydrogen) atoms. The number of amides is 3. The molecule has 0 radical (unpaired) electrons. The molecule has 2 unspecified atom stereocenters. The van der Waals surface area contributed by atoms with Crippen LogP contribution in [0.3, 0.4) is 0 Å². The predicted octanol–water partition coefficient (Wildman–Crippen LogP) is -1.33. The van der Waals surface area contributed by atoms with Crippen molar-refractivity contribution in [3.63, 3.8) is 0 Å². The summed E-state index contributed by atoms with van der Waals surface area (Å²) >= 11 is 0. The standard InChI is InChI=1S/C16H28N4O4/c1-9(2)14(23)20-11(5-6-16(20)8-18-15(16)24)7-19(4)12(10(3)21)13(17)22/h9-12,21H,5-8H2,1-4H3,(H2,17,22)(H,18,24)/t10-,11?,12+,16?/m1/s1. The van der Waals surface area contributed by atoms with Crippen LogP contribution in [-0.4, -0.2) is 76.5 Å². The Morgan fingerprint density at radius 3 is 2.46 bits per heavy atom. The molecule has 4 N–H and O–H groups in total. The topological polar surface area (TPSA) is 116 Å². The predicted molar refractivity (Wildman–Crippen MR) is 87.7 cm³/mol. The summed E-state index contributed by atoms with van der Waals surface area (Å²) in [4.78, 5) is 39.8. The highest BCUT2D eigenvalue weighted by Crippen LogP contribution is 2.39. The number of nitrogens with zero attached hydrogens (tertiary/aromatic N) is 2. The van der Waals surface area contributed by atoms with Gasteiger partial charge in [-0.3, -0.25) is 19.3 Å². The van der Waals surface area contributed by atoms with E-state index in [9.17, 15) is 19.5 Å². The second-order valence-corrected chi connectivity index (χ2v) is 7.30. The minimum atomic E-state index is -0.913. The van der Waals surface area contributed by atoms with E-state index in [-0.39, 0.29) is 23.8 Å². The second-order valence-electron chi connectivity index (χ2n) is 7.30. The number of nitrogens with two attached hydrogens (primary N) is 1.